The summed E-state index contributed by atoms with van der Waals surface area (Å²) < 4.78 is 13.5. The number of thiophene rings is 1. The molecule has 0 aliphatic heterocycles. The number of H-pyrrole nitrogens is 1. The highest BCUT2D eigenvalue weighted by Gasteiger charge is 2.20. The third kappa shape index (κ3) is 2.35. The summed E-state index contributed by atoms with van der Waals surface area (Å²) in [4.78, 5) is 26.8. The Kier molecular flexibility index (Phi) is 3.42. The van der Waals surface area contributed by atoms with E-state index in [0.717, 1.165) is 0 Å². The number of amides is 1. The van der Waals surface area contributed by atoms with E-state index in [2.05, 4.69) is 10.3 Å². The van der Waals surface area contributed by atoms with Crippen molar-refractivity contribution >= 4 is 33.1 Å². The van der Waals surface area contributed by atoms with Crippen molar-refractivity contribution in [2.75, 3.05) is 5.32 Å². The molecule has 0 saturated carbocycles. The largest absolute Gasteiger partial charge is 0.505 e. The van der Waals surface area contributed by atoms with Crippen molar-refractivity contribution in [1.29, 1.82) is 0 Å². The molecule has 2 aromatic heterocycles. The molecule has 22 heavy (non-hydrogen) atoms. The van der Waals surface area contributed by atoms with Gasteiger partial charge in [-0.25, -0.2) is 4.39 Å². The number of anilines is 1. The molecule has 0 saturated heterocycles. The highest BCUT2D eigenvalue weighted by molar-refractivity contribution is 7.17. The van der Waals surface area contributed by atoms with Crippen LogP contribution in [0.4, 0.5) is 10.1 Å². The van der Waals surface area contributed by atoms with Crippen molar-refractivity contribution < 1.29 is 14.3 Å². The first-order chi connectivity index (χ1) is 10.5. The zero-order valence-electron chi connectivity index (χ0n) is 11.4. The fourth-order valence-corrected chi connectivity index (χ4v) is 2.96. The van der Waals surface area contributed by atoms with Crippen LogP contribution in [0, 0.1) is 12.7 Å². The van der Waals surface area contributed by atoms with Crippen molar-refractivity contribution in [2.24, 2.45) is 0 Å². The van der Waals surface area contributed by atoms with Crippen molar-refractivity contribution in [2.45, 2.75) is 6.92 Å². The first-order valence-corrected chi connectivity index (χ1v) is 7.25. The number of benzene rings is 1. The summed E-state index contributed by atoms with van der Waals surface area (Å²) in [5.41, 5.74) is 0.319. The smallest absolute Gasteiger partial charge is 0.265 e. The topological polar surface area (TPSA) is 82.2 Å². The quantitative estimate of drug-likeness (QED) is 0.679. The van der Waals surface area contributed by atoms with Crippen LogP contribution in [0.2, 0.25) is 0 Å². The van der Waals surface area contributed by atoms with Gasteiger partial charge in [-0.1, -0.05) is 0 Å². The standard InChI is InChI=1S/C15H11FN2O3S/c1-7-6-8(16)2-3-9(7)17-14(20)11-12(19)13-10(4-5-22-13)18-15(11)21/h2-6H,1H3,(H,17,20)(H2,18,19,21). The molecule has 3 rings (SSSR count). The molecule has 7 heteroatoms. The number of aromatic nitrogens is 1. The maximum absolute atomic E-state index is 13.1. The van der Waals surface area contributed by atoms with Gasteiger partial charge >= 0.3 is 0 Å². The maximum Gasteiger partial charge on any atom is 0.265 e. The molecule has 0 unspecified atom stereocenters. The average molecular weight is 318 g/mol. The van der Waals surface area contributed by atoms with Crippen LogP contribution in [0.25, 0.3) is 10.2 Å². The van der Waals surface area contributed by atoms with E-state index in [-0.39, 0.29) is 11.3 Å². The van der Waals surface area contributed by atoms with E-state index in [9.17, 15) is 19.1 Å². The van der Waals surface area contributed by atoms with Gasteiger partial charge in [-0.15, -0.1) is 11.3 Å². The Labute approximate surface area is 128 Å². The highest BCUT2D eigenvalue weighted by Crippen LogP contribution is 2.30. The van der Waals surface area contributed by atoms with Crippen LogP contribution in [-0.4, -0.2) is 16.0 Å². The molecule has 0 radical (unpaired) electrons. The van der Waals surface area contributed by atoms with E-state index >= 15 is 0 Å². The van der Waals surface area contributed by atoms with E-state index in [1.165, 1.54) is 29.5 Å². The fraction of sp³-hybridized carbons (Fsp3) is 0.0667. The van der Waals surface area contributed by atoms with Gasteiger partial charge in [0.2, 0.25) is 0 Å². The molecule has 0 aliphatic carbocycles. The minimum atomic E-state index is -0.747. The fourth-order valence-electron chi connectivity index (χ4n) is 2.16. The Morgan fingerprint density at radius 1 is 1.36 bits per heavy atom. The van der Waals surface area contributed by atoms with Gasteiger partial charge in [0.25, 0.3) is 11.5 Å². The predicted molar refractivity (Wildman–Crippen MR) is 83.2 cm³/mol. The summed E-state index contributed by atoms with van der Waals surface area (Å²) in [5, 5.41) is 14.4. The molecule has 3 aromatic rings. The van der Waals surface area contributed by atoms with Gasteiger partial charge in [0.05, 0.1) is 10.2 Å². The summed E-state index contributed by atoms with van der Waals surface area (Å²) in [6.45, 7) is 1.63. The van der Waals surface area contributed by atoms with Gasteiger partial charge in [-0.2, -0.15) is 0 Å². The number of aryl methyl sites for hydroxylation is 1. The second-order valence-electron chi connectivity index (χ2n) is 4.75. The zero-order chi connectivity index (χ0) is 15.9. The lowest BCUT2D eigenvalue weighted by molar-refractivity contribution is 0.102. The van der Waals surface area contributed by atoms with E-state index in [4.69, 9.17) is 0 Å². The van der Waals surface area contributed by atoms with E-state index in [1.54, 1.807) is 18.4 Å². The Morgan fingerprint density at radius 3 is 2.86 bits per heavy atom. The van der Waals surface area contributed by atoms with Crippen molar-refractivity contribution in [3.05, 3.63) is 56.9 Å². The molecular formula is C15H11FN2O3S. The summed E-state index contributed by atoms with van der Waals surface area (Å²) >= 11 is 1.22. The van der Waals surface area contributed by atoms with Gasteiger partial charge in [0.15, 0.2) is 5.75 Å². The van der Waals surface area contributed by atoms with E-state index in [1.807, 2.05) is 0 Å². The number of hydrogen-bond acceptors (Lipinski definition) is 4. The van der Waals surface area contributed by atoms with Crippen molar-refractivity contribution in [3.63, 3.8) is 0 Å². The lowest BCUT2D eigenvalue weighted by Crippen LogP contribution is -2.23. The number of fused-ring (bicyclic) bond motifs is 1. The first kappa shape index (κ1) is 14.3. The molecule has 112 valence electrons. The molecule has 0 bridgehead atoms. The summed E-state index contributed by atoms with van der Waals surface area (Å²) in [6, 6.07) is 5.52. The molecule has 2 heterocycles. The van der Waals surface area contributed by atoms with Crippen molar-refractivity contribution in [3.8, 4) is 5.75 Å². The van der Waals surface area contributed by atoms with Gasteiger partial charge < -0.3 is 15.4 Å². The molecule has 0 spiro atoms. The monoisotopic (exact) mass is 318 g/mol. The molecule has 1 amide bonds. The third-order valence-electron chi connectivity index (χ3n) is 3.26. The number of halogens is 1. The molecule has 1 aromatic carbocycles. The summed E-state index contributed by atoms with van der Waals surface area (Å²) in [6.07, 6.45) is 0. The number of hydrogen-bond donors (Lipinski definition) is 3. The summed E-state index contributed by atoms with van der Waals surface area (Å²) in [5.74, 6) is -1.52. The predicted octanol–water partition coefficient (Wildman–Crippen LogP) is 3.00. The number of nitrogens with one attached hydrogen (secondary N) is 2. The van der Waals surface area contributed by atoms with Gasteiger partial charge in [0.1, 0.15) is 11.4 Å². The Morgan fingerprint density at radius 2 is 2.14 bits per heavy atom. The van der Waals surface area contributed by atoms with E-state index < -0.39 is 17.3 Å². The number of pyridine rings is 1. The van der Waals surface area contributed by atoms with Crippen molar-refractivity contribution in [1.82, 2.24) is 4.98 Å². The molecule has 0 fully saturated rings. The lowest BCUT2D eigenvalue weighted by Gasteiger charge is -2.09. The van der Waals surface area contributed by atoms with Crippen LogP contribution < -0.4 is 10.9 Å². The minimum Gasteiger partial charge on any atom is -0.505 e. The molecule has 5 nitrogen and oxygen atoms in total. The van der Waals surface area contributed by atoms with Gasteiger partial charge in [0, 0.05) is 5.69 Å². The SMILES string of the molecule is Cc1cc(F)ccc1NC(=O)c1c(O)c2sccc2[nH]c1=O. The Hall–Kier alpha value is -2.67. The van der Waals surface area contributed by atoms with Crippen LogP contribution in [0.3, 0.4) is 0 Å². The average Bonchev–Trinajstić information content (AvgIpc) is 2.90. The third-order valence-corrected chi connectivity index (χ3v) is 4.18. The first-order valence-electron chi connectivity index (χ1n) is 6.37. The maximum atomic E-state index is 13.1. The molecule has 0 atom stereocenters. The molecule has 3 N–H and O–H groups in total. The number of rotatable bonds is 2. The second kappa shape index (κ2) is 5.27. The highest BCUT2D eigenvalue weighted by atomic mass is 32.1. The number of aromatic hydroxyl groups is 1. The van der Waals surface area contributed by atoms with Crippen LogP contribution >= 0.6 is 11.3 Å². The Balaban J connectivity index is 2.03. The van der Waals surface area contributed by atoms with Crippen LogP contribution in [0.15, 0.2) is 34.4 Å². The molecular weight excluding hydrogens is 307 g/mol. The second-order valence-corrected chi connectivity index (χ2v) is 5.67. The number of carbonyl (C=O) groups is 1. The number of carbonyl (C=O) groups excluding carboxylic acids is 1. The number of aromatic amines is 1. The zero-order valence-corrected chi connectivity index (χ0v) is 12.3. The van der Waals surface area contributed by atoms with Gasteiger partial charge in [-0.3, -0.25) is 9.59 Å². The minimum absolute atomic E-state index is 0.356. The summed E-state index contributed by atoms with van der Waals surface area (Å²) in [7, 11) is 0. The molecule has 0 aliphatic rings. The lowest BCUT2D eigenvalue weighted by atomic mass is 10.1. The normalized spacial score (nSPS) is 10.8. The van der Waals surface area contributed by atoms with Crippen LogP contribution in [-0.2, 0) is 0 Å². The van der Waals surface area contributed by atoms with Crippen LogP contribution in [0.1, 0.15) is 15.9 Å². The Bertz CT molecular complexity index is 946. The van der Waals surface area contributed by atoms with E-state index in [0.29, 0.717) is 21.5 Å². The van der Waals surface area contributed by atoms with Crippen LogP contribution in [0.5, 0.6) is 5.75 Å². The van der Waals surface area contributed by atoms with Gasteiger partial charge in [-0.05, 0) is 42.1 Å².